The van der Waals surface area contributed by atoms with E-state index < -0.39 is 0 Å². The fraction of sp³-hybridized carbons (Fsp3) is 0.571. The molecule has 1 aliphatic heterocycles. The van der Waals surface area contributed by atoms with Crippen molar-refractivity contribution >= 4 is 41.7 Å². The molecule has 0 amide bonds. The molecule has 1 aliphatic rings. The number of rotatable bonds is 5. The Hall–Kier alpha value is -0.700. The number of ether oxygens (including phenoxy) is 1. The van der Waals surface area contributed by atoms with Crippen LogP contribution in [-0.4, -0.2) is 42.6 Å². The molecule has 0 spiro atoms. The smallest absolute Gasteiger partial charge is 0.213 e. The first-order valence-electron chi connectivity index (χ1n) is 6.88. The zero-order valence-electron chi connectivity index (χ0n) is 12.5. The Labute approximate surface area is 147 Å². The van der Waals surface area contributed by atoms with Gasteiger partial charge in [-0.15, -0.1) is 24.0 Å². The van der Waals surface area contributed by atoms with Gasteiger partial charge in [-0.25, -0.2) is 4.98 Å². The third-order valence-electron chi connectivity index (χ3n) is 3.17. The molecule has 1 aromatic heterocycles. The van der Waals surface area contributed by atoms with Gasteiger partial charge in [-0.2, -0.15) is 11.8 Å². The summed E-state index contributed by atoms with van der Waals surface area (Å²) in [5.74, 6) is 2.74. The highest BCUT2D eigenvalue weighted by Gasteiger charge is 2.15. The van der Waals surface area contributed by atoms with Crippen LogP contribution in [0.3, 0.4) is 0 Å². The Morgan fingerprint density at radius 3 is 3.00 bits per heavy atom. The van der Waals surface area contributed by atoms with Crippen molar-refractivity contribution in [2.24, 2.45) is 4.99 Å². The highest BCUT2D eigenvalue weighted by molar-refractivity contribution is 14.0. The summed E-state index contributed by atoms with van der Waals surface area (Å²) in [7, 11) is 3.41. The molecule has 0 radical (unpaired) electrons. The number of pyridine rings is 1. The number of methoxy groups -OCH3 is 1. The molecule has 1 saturated heterocycles. The van der Waals surface area contributed by atoms with Gasteiger partial charge in [0.25, 0.3) is 0 Å². The van der Waals surface area contributed by atoms with E-state index in [2.05, 4.69) is 20.6 Å². The van der Waals surface area contributed by atoms with Crippen LogP contribution in [0, 0.1) is 0 Å². The summed E-state index contributed by atoms with van der Waals surface area (Å²) >= 11 is 2.04. The van der Waals surface area contributed by atoms with Crippen molar-refractivity contribution in [3.05, 3.63) is 23.9 Å². The number of nitrogens with zero attached hydrogens (tertiary/aromatic N) is 2. The maximum atomic E-state index is 5.12. The van der Waals surface area contributed by atoms with E-state index in [1.165, 1.54) is 18.6 Å². The molecule has 1 atom stereocenters. The van der Waals surface area contributed by atoms with Gasteiger partial charge in [-0.1, -0.05) is 6.07 Å². The van der Waals surface area contributed by atoms with Crippen molar-refractivity contribution < 1.29 is 4.74 Å². The molecular weight excluding hydrogens is 399 g/mol. The monoisotopic (exact) mass is 422 g/mol. The SMILES string of the molecule is CN=C(NCc1cccc(OC)n1)NCC1CCCS1.I. The third kappa shape index (κ3) is 6.29. The Morgan fingerprint density at radius 1 is 1.48 bits per heavy atom. The van der Waals surface area contributed by atoms with E-state index >= 15 is 0 Å². The van der Waals surface area contributed by atoms with Crippen LogP contribution in [0.25, 0.3) is 0 Å². The van der Waals surface area contributed by atoms with Crippen molar-refractivity contribution in [3.8, 4) is 5.88 Å². The molecule has 2 rings (SSSR count). The zero-order chi connectivity index (χ0) is 14.2. The first-order valence-corrected chi connectivity index (χ1v) is 7.92. The number of hydrogen-bond acceptors (Lipinski definition) is 4. The summed E-state index contributed by atoms with van der Waals surface area (Å²) in [6, 6.07) is 5.75. The standard InChI is InChI=1S/C14H22N4OS.HI/c1-15-14(17-10-12-6-4-8-20-12)16-9-11-5-3-7-13(18-11)19-2;/h3,5,7,12H,4,6,8-10H2,1-2H3,(H2,15,16,17);1H. The van der Waals surface area contributed by atoms with Gasteiger partial charge in [0.05, 0.1) is 19.3 Å². The third-order valence-corrected chi connectivity index (χ3v) is 4.57. The van der Waals surface area contributed by atoms with Gasteiger partial charge < -0.3 is 15.4 Å². The topological polar surface area (TPSA) is 58.5 Å². The minimum absolute atomic E-state index is 0. The molecule has 21 heavy (non-hydrogen) atoms. The lowest BCUT2D eigenvalue weighted by Crippen LogP contribution is -2.39. The lowest BCUT2D eigenvalue weighted by molar-refractivity contribution is 0.396. The second-order valence-corrected chi connectivity index (χ2v) is 6.02. The predicted molar refractivity (Wildman–Crippen MR) is 99.9 cm³/mol. The predicted octanol–water partition coefficient (Wildman–Crippen LogP) is 2.27. The normalized spacial score (nSPS) is 18.0. The van der Waals surface area contributed by atoms with Crippen LogP contribution < -0.4 is 15.4 Å². The van der Waals surface area contributed by atoms with E-state index in [4.69, 9.17) is 4.74 Å². The number of guanidine groups is 1. The summed E-state index contributed by atoms with van der Waals surface area (Å²) < 4.78 is 5.12. The van der Waals surface area contributed by atoms with Crippen molar-refractivity contribution in [3.63, 3.8) is 0 Å². The van der Waals surface area contributed by atoms with Crippen LogP contribution >= 0.6 is 35.7 Å². The fourth-order valence-corrected chi connectivity index (χ4v) is 3.28. The summed E-state index contributed by atoms with van der Waals surface area (Å²) in [6.07, 6.45) is 2.63. The molecule has 0 aromatic carbocycles. The number of thioether (sulfide) groups is 1. The molecule has 5 nitrogen and oxygen atoms in total. The Balaban J connectivity index is 0.00000220. The minimum Gasteiger partial charge on any atom is -0.481 e. The quantitative estimate of drug-likeness (QED) is 0.433. The van der Waals surface area contributed by atoms with E-state index in [0.29, 0.717) is 17.7 Å². The van der Waals surface area contributed by atoms with Crippen LogP contribution in [0.1, 0.15) is 18.5 Å². The summed E-state index contributed by atoms with van der Waals surface area (Å²) in [6.45, 7) is 1.60. The molecule has 1 fully saturated rings. The maximum Gasteiger partial charge on any atom is 0.213 e. The fourth-order valence-electron chi connectivity index (χ4n) is 2.08. The second kappa shape index (κ2) is 10.1. The zero-order valence-corrected chi connectivity index (χ0v) is 15.6. The van der Waals surface area contributed by atoms with Crippen molar-refractivity contribution in [2.45, 2.75) is 24.6 Å². The highest BCUT2D eigenvalue weighted by atomic mass is 127. The number of nitrogens with one attached hydrogen (secondary N) is 2. The highest BCUT2D eigenvalue weighted by Crippen LogP contribution is 2.25. The summed E-state index contributed by atoms with van der Waals surface area (Å²) in [5.41, 5.74) is 0.933. The number of hydrogen-bond donors (Lipinski definition) is 2. The van der Waals surface area contributed by atoms with Crippen LogP contribution in [0.4, 0.5) is 0 Å². The lowest BCUT2D eigenvalue weighted by atomic mass is 10.2. The van der Waals surface area contributed by atoms with Gasteiger partial charge in [0, 0.05) is 24.9 Å². The second-order valence-electron chi connectivity index (χ2n) is 4.61. The molecule has 0 bridgehead atoms. The average Bonchev–Trinajstić information content (AvgIpc) is 3.01. The van der Waals surface area contributed by atoms with Gasteiger partial charge in [0.1, 0.15) is 0 Å². The average molecular weight is 422 g/mol. The van der Waals surface area contributed by atoms with Crippen LogP contribution in [0.15, 0.2) is 23.2 Å². The van der Waals surface area contributed by atoms with Crippen LogP contribution in [0.2, 0.25) is 0 Å². The summed E-state index contributed by atoms with van der Waals surface area (Å²) in [5, 5.41) is 7.35. The molecule has 0 saturated carbocycles. The van der Waals surface area contributed by atoms with Gasteiger partial charge in [-0.05, 0) is 24.7 Å². The number of halogens is 1. The number of aliphatic imine (C=N–C) groups is 1. The molecule has 2 N–H and O–H groups in total. The molecule has 118 valence electrons. The molecule has 0 aliphatic carbocycles. The minimum atomic E-state index is 0. The van der Waals surface area contributed by atoms with Gasteiger partial charge in [0.2, 0.25) is 5.88 Å². The Morgan fingerprint density at radius 2 is 2.33 bits per heavy atom. The Bertz CT molecular complexity index is 452. The molecule has 2 heterocycles. The molecule has 1 aromatic rings. The van der Waals surface area contributed by atoms with Crippen LogP contribution in [0.5, 0.6) is 5.88 Å². The Kier molecular flexibility index (Phi) is 8.82. The van der Waals surface area contributed by atoms with Crippen molar-refractivity contribution in [1.82, 2.24) is 15.6 Å². The maximum absolute atomic E-state index is 5.12. The van der Waals surface area contributed by atoms with E-state index in [9.17, 15) is 0 Å². The van der Waals surface area contributed by atoms with E-state index in [1.54, 1.807) is 14.2 Å². The van der Waals surface area contributed by atoms with Crippen molar-refractivity contribution in [2.75, 3.05) is 26.5 Å². The van der Waals surface area contributed by atoms with E-state index in [0.717, 1.165) is 18.2 Å². The van der Waals surface area contributed by atoms with Gasteiger partial charge in [-0.3, -0.25) is 4.99 Å². The molecular formula is C14H23IN4OS. The van der Waals surface area contributed by atoms with Crippen molar-refractivity contribution in [1.29, 1.82) is 0 Å². The first-order chi connectivity index (χ1) is 9.81. The molecule has 1 unspecified atom stereocenters. The van der Waals surface area contributed by atoms with E-state index in [1.807, 2.05) is 30.0 Å². The van der Waals surface area contributed by atoms with E-state index in [-0.39, 0.29) is 24.0 Å². The summed E-state index contributed by atoms with van der Waals surface area (Å²) in [4.78, 5) is 8.60. The number of aromatic nitrogens is 1. The largest absolute Gasteiger partial charge is 0.481 e. The molecule has 7 heteroatoms. The van der Waals surface area contributed by atoms with Crippen LogP contribution in [-0.2, 0) is 6.54 Å². The lowest BCUT2D eigenvalue weighted by Gasteiger charge is -2.14. The van der Waals surface area contributed by atoms with Gasteiger partial charge in [0.15, 0.2) is 5.96 Å². The first kappa shape index (κ1) is 18.3. The van der Waals surface area contributed by atoms with Gasteiger partial charge >= 0.3 is 0 Å².